The molecule has 2 unspecified atom stereocenters. The average molecular weight is 351 g/mol. The molecule has 0 N–H and O–H groups in total. The van der Waals surface area contributed by atoms with Gasteiger partial charge in [-0.05, 0) is 36.6 Å². The summed E-state index contributed by atoms with van der Waals surface area (Å²) in [5.41, 5.74) is 7.54. The predicted octanol–water partition coefficient (Wildman–Crippen LogP) is 6.42. The van der Waals surface area contributed by atoms with Crippen molar-refractivity contribution in [3.63, 3.8) is 0 Å². The molecule has 0 saturated carbocycles. The van der Waals surface area contributed by atoms with Crippen molar-refractivity contribution in [3.05, 3.63) is 95.3 Å². The first-order valence-electron chi connectivity index (χ1n) is 9.71. The molecule has 0 bridgehead atoms. The lowest BCUT2D eigenvalue weighted by Crippen LogP contribution is -2.19. The van der Waals surface area contributed by atoms with Gasteiger partial charge in [0, 0.05) is 35.0 Å². The molecule has 1 aromatic heterocycles. The SMILES string of the molecule is CC1=CCC(C2=CC3c4c(ccc5c4oc4ccccc45)CN3C=C2)C=C1. The number of para-hydroxylation sites is 1. The largest absolute Gasteiger partial charge is 0.456 e. The van der Waals surface area contributed by atoms with Gasteiger partial charge in [0.2, 0.25) is 0 Å². The summed E-state index contributed by atoms with van der Waals surface area (Å²) >= 11 is 0. The molecule has 27 heavy (non-hydrogen) atoms. The second-order valence-corrected chi connectivity index (χ2v) is 7.86. The van der Waals surface area contributed by atoms with E-state index in [0.717, 1.165) is 24.1 Å². The fraction of sp³-hybridized carbons (Fsp3) is 0.200. The molecular formula is C25H21NO. The highest BCUT2D eigenvalue weighted by atomic mass is 16.3. The molecule has 0 spiro atoms. The van der Waals surface area contributed by atoms with Crippen molar-refractivity contribution in [2.45, 2.75) is 25.9 Å². The third-order valence-corrected chi connectivity index (χ3v) is 6.20. The third kappa shape index (κ3) is 2.19. The molecule has 3 aromatic rings. The van der Waals surface area contributed by atoms with Crippen LogP contribution in [-0.2, 0) is 6.54 Å². The van der Waals surface area contributed by atoms with Crippen LogP contribution in [0.2, 0.25) is 0 Å². The lowest BCUT2D eigenvalue weighted by atomic mass is 9.87. The van der Waals surface area contributed by atoms with Crippen LogP contribution < -0.4 is 0 Å². The topological polar surface area (TPSA) is 16.4 Å². The summed E-state index contributed by atoms with van der Waals surface area (Å²) in [6.45, 7) is 3.12. The second-order valence-electron chi connectivity index (χ2n) is 7.86. The Hall–Kier alpha value is -3.00. The monoisotopic (exact) mass is 351 g/mol. The summed E-state index contributed by atoms with van der Waals surface area (Å²) in [4.78, 5) is 2.43. The summed E-state index contributed by atoms with van der Waals surface area (Å²) < 4.78 is 6.34. The summed E-state index contributed by atoms with van der Waals surface area (Å²) in [5, 5.41) is 2.44. The quantitative estimate of drug-likeness (QED) is 0.503. The van der Waals surface area contributed by atoms with Gasteiger partial charge in [0.05, 0.1) is 6.04 Å². The van der Waals surface area contributed by atoms with Crippen LogP contribution >= 0.6 is 0 Å². The van der Waals surface area contributed by atoms with E-state index < -0.39 is 0 Å². The number of furan rings is 1. The van der Waals surface area contributed by atoms with Crippen LogP contribution in [0, 0.1) is 5.92 Å². The lowest BCUT2D eigenvalue weighted by Gasteiger charge is -2.28. The number of allylic oxidation sites excluding steroid dienone is 6. The van der Waals surface area contributed by atoms with Gasteiger partial charge in [-0.2, -0.15) is 0 Å². The van der Waals surface area contributed by atoms with E-state index in [2.05, 4.69) is 78.7 Å². The molecular weight excluding hydrogens is 330 g/mol. The van der Waals surface area contributed by atoms with Crippen LogP contribution in [0.25, 0.3) is 21.9 Å². The maximum atomic E-state index is 6.34. The predicted molar refractivity (Wildman–Crippen MR) is 110 cm³/mol. The van der Waals surface area contributed by atoms with Crippen LogP contribution in [0.4, 0.5) is 0 Å². The number of hydrogen-bond acceptors (Lipinski definition) is 2. The fourth-order valence-electron chi connectivity index (χ4n) is 4.74. The summed E-state index contributed by atoms with van der Waals surface area (Å²) in [6.07, 6.45) is 15.0. The lowest BCUT2D eigenvalue weighted by molar-refractivity contribution is 0.345. The summed E-state index contributed by atoms with van der Waals surface area (Å²) in [7, 11) is 0. The number of rotatable bonds is 1. The first-order chi connectivity index (χ1) is 13.3. The Morgan fingerprint density at radius 2 is 1.96 bits per heavy atom. The van der Waals surface area contributed by atoms with Crippen LogP contribution in [-0.4, -0.2) is 4.90 Å². The molecule has 2 heteroatoms. The molecule has 3 heterocycles. The van der Waals surface area contributed by atoms with Crippen LogP contribution in [0.3, 0.4) is 0 Å². The molecule has 2 nitrogen and oxygen atoms in total. The molecule has 1 aliphatic carbocycles. The molecule has 0 amide bonds. The van der Waals surface area contributed by atoms with Crippen LogP contribution in [0.1, 0.15) is 30.5 Å². The number of nitrogens with zero attached hydrogens (tertiary/aromatic N) is 1. The van der Waals surface area contributed by atoms with Gasteiger partial charge in [0.1, 0.15) is 11.2 Å². The number of hydrogen-bond donors (Lipinski definition) is 0. The minimum absolute atomic E-state index is 0.268. The van der Waals surface area contributed by atoms with Gasteiger partial charge in [-0.25, -0.2) is 0 Å². The standard InChI is InChI=1S/C25H21NO/c1-16-6-8-17(9-7-16)18-12-13-26-15-19-10-11-21-20-4-2-3-5-23(20)27-25(21)24(19)22(26)14-18/h2-8,10-14,17,22H,9,15H2,1H3. The molecule has 0 saturated heterocycles. The highest BCUT2D eigenvalue weighted by Gasteiger charge is 2.33. The van der Waals surface area contributed by atoms with Gasteiger partial charge in [-0.1, -0.05) is 60.2 Å². The first kappa shape index (κ1) is 15.1. The van der Waals surface area contributed by atoms with Crippen molar-refractivity contribution in [1.82, 2.24) is 4.90 Å². The summed E-state index contributed by atoms with van der Waals surface area (Å²) in [5.74, 6) is 0.478. The van der Waals surface area contributed by atoms with E-state index in [1.165, 1.54) is 33.0 Å². The van der Waals surface area contributed by atoms with Crippen LogP contribution in [0.15, 0.2) is 88.5 Å². The van der Waals surface area contributed by atoms with Crippen molar-refractivity contribution in [3.8, 4) is 0 Å². The molecule has 6 rings (SSSR count). The van der Waals surface area contributed by atoms with E-state index >= 15 is 0 Å². The third-order valence-electron chi connectivity index (χ3n) is 6.20. The van der Waals surface area contributed by atoms with E-state index in [1.807, 2.05) is 6.07 Å². The van der Waals surface area contributed by atoms with Gasteiger partial charge < -0.3 is 9.32 Å². The number of fused-ring (bicyclic) bond motifs is 7. The van der Waals surface area contributed by atoms with Gasteiger partial charge in [-0.15, -0.1) is 0 Å². The maximum Gasteiger partial charge on any atom is 0.141 e. The minimum atomic E-state index is 0.268. The van der Waals surface area contributed by atoms with Crippen molar-refractivity contribution < 1.29 is 4.42 Å². The Bertz CT molecular complexity index is 1200. The van der Waals surface area contributed by atoms with Gasteiger partial charge in [0.25, 0.3) is 0 Å². The molecule has 3 aliphatic rings. The Balaban J connectivity index is 1.49. The van der Waals surface area contributed by atoms with Crippen molar-refractivity contribution in [1.29, 1.82) is 0 Å². The zero-order valence-electron chi connectivity index (χ0n) is 15.4. The van der Waals surface area contributed by atoms with Crippen molar-refractivity contribution in [2.75, 3.05) is 0 Å². The normalized spacial score (nSPS) is 23.5. The molecule has 0 radical (unpaired) electrons. The molecule has 132 valence electrons. The van der Waals surface area contributed by atoms with Gasteiger partial charge in [-0.3, -0.25) is 0 Å². The Morgan fingerprint density at radius 3 is 2.85 bits per heavy atom. The Morgan fingerprint density at radius 1 is 1.04 bits per heavy atom. The van der Waals surface area contributed by atoms with E-state index in [4.69, 9.17) is 4.42 Å². The highest BCUT2D eigenvalue weighted by Crippen LogP contribution is 2.45. The van der Waals surface area contributed by atoms with Gasteiger partial charge >= 0.3 is 0 Å². The minimum Gasteiger partial charge on any atom is -0.456 e. The smallest absolute Gasteiger partial charge is 0.141 e. The highest BCUT2D eigenvalue weighted by molar-refractivity contribution is 6.06. The van der Waals surface area contributed by atoms with Crippen molar-refractivity contribution in [2.24, 2.45) is 5.92 Å². The molecule has 2 atom stereocenters. The van der Waals surface area contributed by atoms with E-state index in [9.17, 15) is 0 Å². The maximum absolute atomic E-state index is 6.34. The molecule has 2 aliphatic heterocycles. The van der Waals surface area contributed by atoms with E-state index in [1.54, 1.807) is 0 Å². The zero-order chi connectivity index (χ0) is 18.0. The fourth-order valence-corrected chi connectivity index (χ4v) is 4.74. The van der Waals surface area contributed by atoms with Crippen LogP contribution in [0.5, 0.6) is 0 Å². The van der Waals surface area contributed by atoms with E-state index in [-0.39, 0.29) is 6.04 Å². The molecule has 0 fully saturated rings. The Kier molecular flexibility index (Phi) is 3.07. The zero-order valence-corrected chi connectivity index (χ0v) is 15.4. The first-order valence-corrected chi connectivity index (χ1v) is 9.71. The van der Waals surface area contributed by atoms with Gasteiger partial charge in [0.15, 0.2) is 0 Å². The van der Waals surface area contributed by atoms with E-state index in [0.29, 0.717) is 5.92 Å². The average Bonchev–Trinajstić information content (AvgIpc) is 3.25. The van der Waals surface area contributed by atoms with Crippen molar-refractivity contribution >= 4 is 21.9 Å². The summed E-state index contributed by atoms with van der Waals surface area (Å²) in [6, 6.07) is 13.1. The Labute approximate surface area is 158 Å². The number of benzene rings is 2. The second kappa shape index (κ2) is 5.50. The molecule has 2 aromatic carbocycles.